The van der Waals surface area contributed by atoms with Crippen LogP contribution in [0.1, 0.15) is 22.3 Å². The molecule has 0 heterocycles. The fraction of sp³-hybridized carbons (Fsp3) is 0.300. The molecule has 4 N–H and O–H groups in total. The summed E-state index contributed by atoms with van der Waals surface area (Å²) in [7, 11) is 0. The zero-order chi connectivity index (χ0) is 18.8. The Hall–Kier alpha value is -2.57. The van der Waals surface area contributed by atoms with Crippen molar-refractivity contribution in [2.75, 3.05) is 26.2 Å². The average molecular weight is 392 g/mol. The van der Waals surface area contributed by atoms with Gasteiger partial charge in [0.25, 0.3) is 0 Å². The predicted molar refractivity (Wildman–Crippen MR) is 108 cm³/mol. The van der Waals surface area contributed by atoms with Crippen molar-refractivity contribution in [3.63, 3.8) is 0 Å². The third-order valence-electron chi connectivity index (χ3n) is 3.99. The molecule has 0 saturated heterocycles. The van der Waals surface area contributed by atoms with Gasteiger partial charge in [-0.15, -0.1) is 12.4 Å². The summed E-state index contributed by atoms with van der Waals surface area (Å²) in [6.45, 7) is 1.85. The number of hydrogen-bond donors (Lipinski definition) is 2. The molecule has 0 radical (unpaired) electrons. The number of rotatable bonds is 10. The number of carbonyl (C=O) groups is 2. The molecule has 0 aliphatic carbocycles. The van der Waals surface area contributed by atoms with E-state index in [2.05, 4.69) is 0 Å². The largest absolute Gasteiger partial charge is 0.493 e. The number of ether oxygens (including phenoxy) is 1. The maximum absolute atomic E-state index is 12.4. The van der Waals surface area contributed by atoms with Gasteiger partial charge in [0, 0.05) is 25.2 Å². The second-order valence-electron chi connectivity index (χ2n) is 5.89. The Balaban J connectivity index is 0.00000364. The molecule has 0 bridgehead atoms. The van der Waals surface area contributed by atoms with Gasteiger partial charge in [-0.25, -0.2) is 0 Å². The number of nitrogens with zero attached hydrogens (tertiary/aromatic N) is 1. The minimum atomic E-state index is -0.484. The zero-order valence-corrected chi connectivity index (χ0v) is 16.0. The summed E-state index contributed by atoms with van der Waals surface area (Å²) in [4.78, 5) is 25.2. The Bertz CT molecular complexity index is 708. The lowest BCUT2D eigenvalue weighted by Crippen LogP contribution is -2.37. The van der Waals surface area contributed by atoms with Gasteiger partial charge in [-0.05, 0) is 36.2 Å². The average Bonchev–Trinajstić information content (AvgIpc) is 2.66. The van der Waals surface area contributed by atoms with Crippen molar-refractivity contribution in [3.8, 4) is 5.75 Å². The molecule has 2 aromatic carbocycles. The third kappa shape index (κ3) is 7.68. The van der Waals surface area contributed by atoms with E-state index in [1.807, 2.05) is 30.3 Å². The first-order valence-electron chi connectivity index (χ1n) is 8.64. The van der Waals surface area contributed by atoms with Crippen molar-refractivity contribution in [1.82, 2.24) is 4.90 Å². The third-order valence-corrected chi connectivity index (χ3v) is 3.99. The van der Waals surface area contributed by atoms with Gasteiger partial charge in [0.15, 0.2) is 0 Å². The smallest absolute Gasteiger partial charge is 0.248 e. The van der Waals surface area contributed by atoms with E-state index in [0.717, 1.165) is 6.42 Å². The van der Waals surface area contributed by atoms with E-state index in [4.69, 9.17) is 16.2 Å². The molecular formula is C20H26ClN3O3. The number of halogens is 1. The number of amides is 2. The molecule has 27 heavy (non-hydrogen) atoms. The molecule has 2 rings (SSSR count). The highest BCUT2D eigenvalue weighted by Crippen LogP contribution is 2.12. The molecular weight excluding hydrogens is 366 g/mol. The molecule has 0 aliphatic rings. The van der Waals surface area contributed by atoms with Crippen molar-refractivity contribution in [1.29, 1.82) is 0 Å². The van der Waals surface area contributed by atoms with Gasteiger partial charge in [0.1, 0.15) is 5.75 Å². The first-order chi connectivity index (χ1) is 12.6. The summed E-state index contributed by atoms with van der Waals surface area (Å²) in [5.74, 6) is 0.125. The monoisotopic (exact) mass is 391 g/mol. The number of primary amides is 1. The summed E-state index contributed by atoms with van der Waals surface area (Å²) in [6.07, 6.45) is 1.06. The molecule has 0 spiro atoms. The lowest BCUT2D eigenvalue weighted by Gasteiger charge is -2.22. The molecule has 0 fully saturated rings. The molecule has 6 nitrogen and oxygen atoms in total. The maximum Gasteiger partial charge on any atom is 0.248 e. The van der Waals surface area contributed by atoms with Gasteiger partial charge in [0.05, 0.1) is 13.0 Å². The van der Waals surface area contributed by atoms with E-state index in [0.29, 0.717) is 30.9 Å². The lowest BCUT2D eigenvalue weighted by atomic mass is 10.1. The number of hydrogen-bond acceptors (Lipinski definition) is 4. The van der Waals surface area contributed by atoms with E-state index in [1.165, 1.54) is 5.56 Å². The zero-order valence-electron chi connectivity index (χ0n) is 15.2. The maximum atomic E-state index is 12.4. The van der Waals surface area contributed by atoms with Crippen molar-refractivity contribution in [3.05, 3.63) is 65.7 Å². The quantitative estimate of drug-likeness (QED) is 0.647. The summed E-state index contributed by atoms with van der Waals surface area (Å²) < 4.78 is 5.57. The molecule has 0 aliphatic heterocycles. The van der Waals surface area contributed by atoms with E-state index >= 15 is 0 Å². The van der Waals surface area contributed by atoms with E-state index in [9.17, 15) is 9.59 Å². The first-order valence-corrected chi connectivity index (χ1v) is 8.64. The van der Waals surface area contributed by atoms with Crippen LogP contribution in [0.4, 0.5) is 0 Å². The normalized spacial score (nSPS) is 9.96. The minimum Gasteiger partial charge on any atom is -0.493 e. The molecule has 0 atom stereocenters. The van der Waals surface area contributed by atoms with Crippen molar-refractivity contribution in [2.45, 2.75) is 12.8 Å². The van der Waals surface area contributed by atoms with Crippen LogP contribution < -0.4 is 16.2 Å². The van der Waals surface area contributed by atoms with Crippen molar-refractivity contribution >= 4 is 24.2 Å². The van der Waals surface area contributed by atoms with Crippen LogP contribution >= 0.6 is 12.4 Å². The molecule has 0 saturated carbocycles. The lowest BCUT2D eigenvalue weighted by molar-refractivity contribution is -0.131. The number of benzene rings is 2. The standard InChI is InChI=1S/C20H25N3O3.ClH/c21-12-14-23(13-10-16-4-2-1-3-5-16)19(24)11-15-26-18-8-6-17(7-9-18)20(22)25;/h1-9H,10-15,21H2,(H2,22,25);1H. The van der Waals surface area contributed by atoms with Crippen LogP contribution in [-0.4, -0.2) is 43.0 Å². The summed E-state index contributed by atoms with van der Waals surface area (Å²) in [6, 6.07) is 16.6. The van der Waals surface area contributed by atoms with Crippen LogP contribution in [-0.2, 0) is 11.2 Å². The van der Waals surface area contributed by atoms with Gasteiger partial charge in [-0.1, -0.05) is 30.3 Å². The van der Waals surface area contributed by atoms with Crippen molar-refractivity contribution in [2.24, 2.45) is 11.5 Å². The van der Waals surface area contributed by atoms with Crippen LogP contribution in [0.2, 0.25) is 0 Å². The van der Waals surface area contributed by atoms with Gasteiger partial charge < -0.3 is 21.1 Å². The Morgan fingerprint density at radius 1 is 0.963 bits per heavy atom. The second kappa shape index (κ2) is 11.9. The van der Waals surface area contributed by atoms with Crippen LogP contribution in [0.5, 0.6) is 5.75 Å². The highest BCUT2D eigenvalue weighted by Gasteiger charge is 2.13. The summed E-state index contributed by atoms with van der Waals surface area (Å²) >= 11 is 0. The van der Waals surface area contributed by atoms with Crippen LogP contribution in [0.3, 0.4) is 0 Å². The fourth-order valence-electron chi connectivity index (χ4n) is 2.56. The second-order valence-corrected chi connectivity index (χ2v) is 5.89. The van der Waals surface area contributed by atoms with Crippen LogP contribution in [0.25, 0.3) is 0 Å². The van der Waals surface area contributed by atoms with Gasteiger partial charge >= 0.3 is 0 Å². The van der Waals surface area contributed by atoms with Crippen LogP contribution in [0, 0.1) is 0 Å². The Kier molecular flexibility index (Phi) is 9.93. The topological polar surface area (TPSA) is 98.7 Å². The molecule has 2 aromatic rings. The van der Waals surface area contributed by atoms with Crippen molar-refractivity contribution < 1.29 is 14.3 Å². The van der Waals surface area contributed by atoms with E-state index < -0.39 is 5.91 Å². The Morgan fingerprint density at radius 3 is 2.22 bits per heavy atom. The summed E-state index contributed by atoms with van der Waals surface area (Å²) in [5, 5.41) is 0. The van der Waals surface area contributed by atoms with Gasteiger partial charge in [-0.2, -0.15) is 0 Å². The highest BCUT2D eigenvalue weighted by molar-refractivity contribution is 5.92. The molecule has 146 valence electrons. The first kappa shape index (κ1) is 22.5. The molecule has 0 aromatic heterocycles. The fourth-order valence-corrected chi connectivity index (χ4v) is 2.56. The van der Waals surface area contributed by atoms with Crippen LogP contribution in [0.15, 0.2) is 54.6 Å². The highest BCUT2D eigenvalue weighted by atomic mass is 35.5. The molecule has 2 amide bonds. The SMILES string of the molecule is Cl.NCCN(CCc1ccccc1)C(=O)CCOc1ccc(C(N)=O)cc1. The van der Waals surface area contributed by atoms with E-state index in [-0.39, 0.29) is 31.3 Å². The van der Waals surface area contributed by atoms with Gasteiger partial charge in [-0.3, -0.25) is 9.59 Å². The summed E-state index contributed by atoms with van der Waals surface area (Å²) in [5.41, 5.74) is 12.4. The Morgan fingerprint density at radius 2 is 1.63 bits per heavy atom. The minimum absolute atomic E-state index is 0. The Labute approximate surface area is 165 Å². The number of carbonyl (C=O) groups excluding carboxylic acids is 2. The predicted octanol–water partition coefficient (Wildman–Crippen LogP) is 2.01. The van der Waals surface area contributed by atoms with E-state index in [1.54, 1.807) is 29.2 Å². The number of nitrogens with two attached hydrogens (primary N) is 2. The molecule has 0 unspecified atom stereocenters. The van der Waals surface area contributed by atoms with Gasteiger partial charge in [0.2, 0.25) is 11.8 Å². The molecule has 7 heteroatoms.